The number of rotatable bonds is 7. The molecule has 0 radical (unpaired) electrons. The molecule has 1 aliphatic carbocycles. The highest BCUT2D eigenvalue weighted by molar-refractivity contribution is 5.94. The lowest BCUT2D eigenvalue weighted by atomic mass is 9.66. The fourth-order valence-corrected chi connectivity index (χ4v) is 3.04. The quantitative estimate of drug-likeness (QED) is 0.693. The van der Waals surface area contributed by atoms with Gasteiger partial charge < -0.3 is 20.9 Å². The van der Waals surface area contributed by atoms with Crippen LogP contribution >= 0.6 is 0 Å². The molecule has 0 heterocycles. The molecule has 0 bridgehead atoms. The molecule has 0 aromatic heterocycles. The number of amides is 2. The monoisotopic (exact) mass is 368 g/mol. The lowest BCUT2D eigenvalue weighted by Crippen LogP contribution is -2.41. The molecule has 7 nitrogen and oxygen atoms in total. The molecule has 1 fully saturated rings. The number of primary amides is 1. The number of carbonyl (C=O) groups is 3. The highest BCUT2D eigenvalue weighted by atomic mass is 16.5. The minimum absolute atomic E-state index is 0.0273. The minimum Gasteiger partial charge on any atom is -0.481 e. The molecule has 3 rings (SSSR count). The van der Waals surface area contributed by atoms with Gasteiger partial charge in [0.25, 0.3) is 0 Å². The maximum absolute atomic E-state index is 12.2. The van der Waals surface area contributed by atoms with Crippen molar-refractivity contribution >= 4 is 23.5 Å². The zero-order valence-corrected chi connectivity index (χ0v) is 14.6. The molecule has 0 atom stereocenters. The van der Waals surface area contributed by atoms with Crippen LogP contribution in [0, 0.1) is 5.41 Å². The van der Waals surface area contributed by atoms with Crippen LogP contribution in [-0.4, -0.2) is 22.9 Å². The summed E-state index contributed by atoms with van der Waals surface area (Å²) >= 11 is 0. The van der Waals surface area contributed by atoms with Crippen LogP contribution in [0.15, 0.2) is 48.5 Å². The van der Waals surface area contributed by atoms with Gasteiger partial charge in [0.15, 0.2) is 0 Å². The zero-order valence-electron chi connectivity index (χ0n) is 14.6. The molecule has 27 heavy (non-hydrogen) atoms. The second-order valence-corrected chi connectivity index (χ2v) is 6.68. The molecule has 0 spiro atoms. The Balaban J connectivity index is 1.60. The van der Waals surface area contributed by atoms with E-state index >= 15 is 0 Å². The second-order valence-electron chi connectivity index (χ2n) is 6.68. The summed E-state index contributed by atoms with van der Waals surface area (Å²) in [6.07, 6.45) is 1.88. The van der Waals surface area contributed by atoms with Gasteiger partial charge in [-0.15, -0.1) is 0 Å². The van der Waals surface area contributed by atoms with Crippen molar-refractivity contribution in [2.45, 2.75) is 25.7 Å². The fraction of sp³-hybridized carbons (Fsp3) is 0.250. The normalized spacial score (nSPS) is 14.7. The SMILES string of the molecule is NC(=O)c1cccc(Oc2ccc(NC(=O)CC3(C(=O)O)CCC3)cc2)c1. The van der Waals surface area contributed by atoms with Crippen LogP contribution in [0.1, 0.15) is 36.0 Å². The van der Waals surface area contributed by atoms with Gasteiger partial charge in [0.1, 0.15) is 11.5 Å². The molecule has 2 amide bonds. The van der Waals surface area contributed by atoms with Crippen LogP contribution < -0.4 is 15.8 Å². The maximum atomic E-state index is 12.2. The van der Waals surface area contributed by atoms with Crippen molar-refractivity contribution in [1.82, 2.24) is 0 Å². The summed E-state index contributed by atoms with van der Waals surface area (Å²) < 4.78 is 5.67. The number of carbonyl (C=O) groups excluding carboxylic acids is 2. The Morgan fingerprint density at radius 3 is 2.33 bits per heavy atom. The Morgan fingerprint density at radius 1 is 1.07 bits per heavy atom. The Labute approximate surface area is 156 Å². The van der Waals surface area contributed by atoms with Crippen molar-refractivity contribution in [3.63, 3.8) is 0 Å². The van der Waals surface area contributed by atoms with Gasteiger partial charge in [-0.3, -0.25) is 14.4 Å². The third-order valence-corrected chi connectivity index (χ3v) is 4.76. The summed E-state index contributed by atoms with van der Waals surface area (Å²) in [6, 6.07) is 13.2. The third kappa shape index (κ3) is 4.25. The number of nitrogens with two attached hydrogens (primary N) is 1. The van der Waals surface area contributed by atoms with Crippen LogP contribution in [-0.2, 0) is 9.59 Å². The minimum atomic E-state index is -0.918. The van der Waals surface area contributed by atoms with Crippen LogP contribution in [0.3, 0.4) is 0 Å². The number of nitrogens with one attached hydrogen (secondary N) is 1. The van der Waals surface area contributed by atoms with E-state index in [1.54, 1.807) is 48.5 Å². The van der Waals surface area contributed by atoms with E-state index in [0.29, 0.717) is 35.6 Å². The number of carboxylic acids is 1. The van der Waals surface area contributed by atoms with E-state index in [4.69, 9.17) is 10.5 Å². The standard InChI is InChI=1S/C20H20N2O5/c21-18(24)13-3-1-4-16(11-13)27-15-7-5-14(6-8-15)22-17(23)12-20(19(25)26)9-2-10-20/h1,3-8,11H,2,9-10,12H2,(H2,21,24)(H,22,23)(H,25,26). The summed E-state index contributed by atoms with van der Waals surface area (Å²) in [7, 11) is 0. The third-order valence-electron chi connectivity index (χ3n) is 4.76. The fourth-order valence-electron chi connectivity index (χ4n) is 3.04. The van der Waals surface area contributed by atoms with Crippen LogP contribution in [0.2, 0.25) is 0 Å². The molecular formula is C20H20N2O5. The van der Waals surface area contributed by atoms with Gasteiger partial charge in [0.05, 0.1) is 5.41 Å². The first-order valence-corrected chi connectivity index (χ1v) is 8.59. The first-order valence-electron chi connectivity index (χ1n) is 8.59. The largest absolute Gasteiger partial charge is 0.481 e. The highest BCUT2D eigenvalue weighted by Gasteiger charge is 2.45. The Bertz CT molecular complexity index is 872. The number of benzene rings is 2. The van der Waals surface area contributed by atoms with E-state index in [1.807, 2.05) is 0 Å². The maximum Gasteiger partial charge on any atom is 0.310 e. The highest BCUT2D eigenvalue weighted by Crippen LogP contribution is 2.44. The predicted molar refractivity (Wildman–Crippen MR) is 98.6 cm³/mol. The topological polar surface area (TPSA) is 119 Å². The first-order chi connectivity index (χ1) is 12.9. The van der Waals surface area contributed by atoms with Gasteiger partial charge in [-0.2, -0.15) is 0 Å². The molecule has 4 N–H and O–H groups in total. The molecule has 2 aromatic carbocycles. The summed E-state index contributed by atoms with van der Waals surface area (Å²) in [5, 5.41) is 12.0. The first kappa shape index (κ1) is 18.4. The van der Waals surface area contributed by atoms with E-state index in [0.717, 1.165) is 6.42 Å². The average molecular weight is 368 g/mol. The summed E-state index contributed by atoms with van der Waals surface area (Å²) in [5.74, 6) is -0.776. The summed E-state index contributed by atoms with van der Waals surface area (Å²) in [5.41, 5.74) is 5.23. The van der Waals surface area contributed by atoms with Crippen molar-refractivity contribution in [2.75, 3.05) is 5.32 Å². The number of ether oxygens (including phenoxy) is 1. The van der Waals surface area contributed by atoms with Gasteiger partial charge in [-0.1, -0.05) is 12.5 Å². The van der Waals surface area contributed by atoms with Crippen molar-refractivity contribution in [1.29, 1.82) is 0 Å². The van der Waals surface area contributed by atoms with E-state index in [9.17, 15) is 19.5 Å². The smallest absolute Gasteiger partial charge is 0.310 e. The van der Waals surface area contributed by atoms with Gasteiger partial charge >= 0.3 is 5.97 Å². The zero-order chi connectivity index (χ0) is 19.4. The van der Waals surface area contributed by atoms with Gasteiger partial charge in [0, 0.05) is 17.7 Å². The Kier molecular flexibility index (Phi) is 5.12. The van der Waals surface area contributed by atoms with Crippen molar-refractivity contribution in [3.8, 4) is 11.5 Å². The van der Waals surface area contributed by atoms with E-state index in [-0.39, 0.29) is 12.3 Å². The van der Waals surface area contributed by atoms with Gasteiger partial charge in [0.2, 0.25) is 11.8 Å². The molecule has 0 unspecified atom stereocenters. The predicted octanol–water partition coefficient (Wildman–Crippen LogP) is 3.16. The van der Waals surface area contributed by atoms with Gasteiger partial charge in [-0.25, -0.2) is 0 Å². The Morgan fingerprint density at radius 2 is 1.78 bits per heavy atom. The average Bonchev–Trinajstić information content (AvgIpc) is 2.60. The molecule has 0 saturated heterocycles. The summed E-state index contributed by atoms with van der Waals surface area (Å²) in [4.78, 5) is 34.7. The molecule has 2 aromatic rings. The molecule has 1 aliphatic rings. The number of hydrogen-bond donors (Lipinski definition) is 3. The Hall–Kier alpha value is -3.35. The lowest BCUT2D eigenvalue weighted by Gasteiger charge is -2.36. The molecular weight excluding hydrogens is 348 g/mol. The van der Waals surface area contributed by atoms with E-state index in [1.165, 1.54) is 0 Å². The van der Waals surface area contributed by atoms with Crippen molar-refractivity contribution < 1.29 is 24.2 Å². The number of carboxylic acid groups (broad SMARTS) is 1. The number of hydrogen-bond acceptors (Lipinski definition) is 4. The van der Waals surface area contributed by atoms with Crippen LogP contribution in [0.25, 0.3) is 0 Å². The van der Waals surface area contributed by atoms with E-state index < -0.39 is 17.3 Å². The molecule has 0 aliphatic heterocycles. The molecule has 1 saturated carbocycles. The van der Waals surface area contributed by atoms with Crippen molar-refractivity contribution in [3.05, 3.63) is 54.1 Å². The van der Waals surface area contributed by atoms with Crippen LogP contribution in [0.5, 0.6) is 11.5 Å². The number of anilines is 1. The van der Waals surface area contributed by atoms with E-state index in [2.05, 4.69) is 5.32 Å². The number of aliphatic carboxylic acids is 1. The molecule has 7 heteroatoms. The second kappa shape index (κ2) is 7.49. The van der Waals surface area contributed by atoms with Crippen molar-refractivity contribution in [2.24, 2.45) is 11.1 Å². The lowest BCUT2D eigenvalue weighted by molar-refractivity contribution is -0.157. The van der Waals surface area contributed by atoms with Gasteiger partial charge in [-0.05, 0) is 55.3 Å². The summed E-state index contributed by atoms with van der Waals surface area (Å²) in [6.45, 7) is 0. The molecule has 140 valence electrons. The van der Waals surface area contributed by atoms with Crippen LogP contribution in [0.4, 0.5) is 5.69 Å².